The lowest BCUT2D eigenvalue weighted by atomic mass is 9.87. The molecule has 14 heteroatoms. The van der Waals surface area contributed by atoms with Crippen LogP contribution in [0, 0.1) is 11.7 Å². The molecule has 2 amide bonds. The van der Waals surface area contributed by atoms with Gasteiger partial charge in [0.1, 0.15) is 12.4 Å². The molecule has 200 valence electrons. The number of aromatic nitrogens is 2. The summed E-state index contributed by atoms with van der Waals surface area (Å²) in [4.78, 5) is 37.1. The Hall–Kier alpha value is -3.35. The van der Waals surface area contributed by atoms with Gasteiger partial charge in [0.15, 0.2) is 11.6 Å². The molecule has 0 bridgehead atoms. The summed E-state index contributed by atoms with van der Waals surface area (Å²) in [5.41, 5.74) is 4.72. The number of carbonyl (C=O) groups is 2. The summed E-state index contributed by atoms with van der Waals surface area (Å²) >= 11 is 5.89. The van der Waals surface area contributed by atoms with Crippen molar-refractivity contribution in [3.63, 3.8) is 0 Å². The molecular weight excluding hydrogens is 518 g/mol. The topological polar surface area (TPSA) is 116 Å². The van der Waals surface area contributed by atoms with E-state index in [-0.39, 0.29) is 40.7 Å². The van der Waals surface area contributed by atoms with Gasteiger partial charge in [-0.25, -0.2) is 9.97 Å². The molecule has 3 atom stereocenters. The summed E-state index contributed by atoms with van der Waals surface area (Å²) in [6, 6.07) is 1.56. The lowest BCUT2D eigenvalue weighted by Crippen LogP contribution is -2.61. The van der Waals surface area contributed by atoms with E-state index >= 15 is 0 Å². The Morgan fingerprint density at radius 1 is 1.19 bits per heavy atom. The summed E-state index contributed by atoms with van der Waals surface area (Å²) in [5.74, 6) is -2.33. The lowest BCUT2D eigenvalue weighted by molar-refractivity contribution is -0.140. The summed E-state index contributed by atoms with van der Waals surface area (Å²) in [5, 5.41) is 5.38. The number of hydrogen-bond donors (Lipinski definition) is 3. The number of carbonyl (C=O) groups excluding carboxylic acids is 2. The SMILES string of the molecule is CNC(=O)[C@@H]1CCN(c2ncnc(N)c2F)C[C@H]1N1CCCC(Nc2cc(Cl)cc(C(F)(F)F)c2)C1=O. The number of amides is 2. The molecule has 0 radical (unpaired) electrons. The molecule has 2 aromatic rings. The second kappa shape index (κ2) is 10.6. The molecule has 37 heavy (non-hydrogen) atoms. The predicted molar refractivity (Wildman–Crippen MR) is 129 cm³/mol. The molecular formula is C23H26ClF4N7O2. The third-order valence-corrected chi connectivity index (χ3v) is 6.92. The maximum Gasteiger partial charge on any atom is 0.416 e. The number of nitrogens with one attached hydrogen (secondary N) is 2. The van der Waals surface area contributed by atoms with Gasteiger partial charge in [-0.1, -0.05) is 11.6 Å². The molecule has 0 spiro atoms. The smallest absolute Gasteiger partial charge is 0.381 e. The van der Waals surface area contributed by atoms with Crippen molar-refractivity contribution in [1.82, 2.24) is 20.2 Å². The normalized spacial score (nSPS) is 22.6. The lowest BCUT2D eigenvalue weighted by Gasteiger charge is -2.46. The zero-order valence-corrected chi connectivity index (χ0v) is 20.6. The summed E-state index contributed by atoms with van der Waals surface area (Å²) in [6.07, 6.45) is -2.22. The maximum atomic E-state index is 14.7. The second-order valence-electron chi connectivity index (χ2n) is 9.02. The molecule has 4 rings (SSSR count). The van der Waals surface area contributed by atoms with Crippen molar-refractivity contribution in [1.29, 1.82) is 0 Å². The van der Waals surface area contributed by atoms with E-state index in [1.807, 2.05) is 0 Å². The fraction of sp³-hybridized carbons (Fsp3) is 0.478. The number of nitrogen functional groups attached to an aromatic ring is 1. The van der Waals surface area contributed by atoms with Crippen molar-refractivity contribution >= 4 is 40.7 Å². The fourth-order valence-corrected chi connectivity index (χ4v) is 5.16. The molecule has 2 saturated heterocycles. The highest BCUT2D eigenvalue weighted by Gasteiger charge is 2.43. The van der Waals surface area contributed by atoms with Crippen LogP contribution in [0.3, 0.4) is 0 Å². The molecule has 0 saturated carbocycles. The number of nitrogens with two attached hydrogens (primary N) is 1. The van der Waals surface area contributed by atoms with E-state index in [2.05, 4.69) is 20.6 Å². The molecule has 0 aliphatic carbocycles. The molecule has 1 aromatic heterocycles. The van der Waals surface area contributed by atoms with Gasteiger partial charge in [0.05, 0.1) is 17.5 Å². The predicted octanol–water partition coefficient (Wildman–Crippen LogP) is 2.91. The van der Waals surface area contributed by atoms with Crippen molar-refractivity contribution < 1.29 is 27.2 Å². The average molecular weight is 544 g/mol. The molecule has 2 fully saturated rings. The van der Waals surface area contributed by atoms with Crippen LogP contribution in [0.15, 0.2) is 24.5 Å². The minimum absolute atomic E-state index is 0.0226. The van der Waals surface area contributed by atoms with Crippen molar-refractivity contribution in [3.8, 4) is 0 Å². The van der Waals surface area contributed by atoms with Crippen LogP contribution in [0.5, 0.6) is 0 Å². The van der Waals surface area contributed by atoms with Crippen molar-refractivity contribution in [3.05, 3.63) is 40.9 Å². The standard InChI is InChI=1S/C23H26ClF4N7O2/c1-30-21(36)15-4-6-34(20-18(25)19(29)31-11-32-20)10-17(15)35-5-2-3-16(22(35)37)33-14-8-12(23(26,27)28)7-13(24)9-14/h7-9,11,15-17,33H,2-6,10H2,1H3,(H,30,36)(H2,29,31,32)/t15-,16?,17-/m1/s1. The number of alkyl halides is 3. The Kier molecular flexibility index (Phi) is 7.62. The van der Waals surface area contributed by atoms with Crippen LogP contribution in [0.25, 0.3) is 0 Å². The van der Waals surface area contributed by atoms with Gasteiger partial charge in [-0.2, -0.15) is 17.6 Å². The van der Waals surface area contributed by atoms with E-state index in [9.17, 15) is 27.2 Å². The number of hydrogen-bond acceptors (Lipinski definition) is 7. The average Bonchev–Trinajstić information content (AvgIpc) is 2.85. The monoisotopic (exact) mass is 543 g/mol. The third-order valence-electron chi connectivity index (χ3n) is 6.70. The van der Waals surface area contributed by atoms with E-state index in [0.29, 0.717) is 32.4 Å². The number of rotatable bonds is 5. The highest BCUT2D eigenvalue weighted by atomic mass is 35.5. The largest absolute Gasteiger partial charge is 0.416 e. The van der Waals surface area contributed by atoms with Crippen LogP contribution in [-0.4, -0.2) is 65.4 Å². The first-order chi connectivity index (χ1) is 17.5. The number of anilines is 3. The van der Waals surface area contributed by atoms with Gasteiger partial charge in [0.25, 0.3) is 0 Å². The number of piperidine rings is 2. The third kappa shape index (κ3) is 5.65. The van der Waals surface area contributed by atoms with Crippen LogP contribution >= 0.6 is 11.6 Å². The van der Waals surface area contributed by atoms with Gasteiger partial charge in [-0.05, 0) is 37.5 Å². The molecule has 1 aromatic carbocycles. The van der Waals surface area contributed by atoms with E-state index in [4.69, 9.17) is 17.3 Å². The number of nitrogens with zero attached hydrogens (tertiary/aromatic N) is 4. The van der Waals surface area contributed by atoms with Gasteiger partial charge in [-0.3, -0.25) is 9.59 Å². The van der Waals surface area contributed by atoms with Crippen molar-refractivity contribution in [2.75, 3.05) is 42.6 Å². The highest BCUT2D eigenvalue weighted by Crippen LogP contribution is 2.35. The number of halogens is 5. The Morgan fingerprint density at radius 2 is 1.95 bits per heavy atom. The Labute approximate surface area is 215 Å². The quantitative estimate of drug-likeness (QED) is 0.497. The van der Waals surface area contributed by atoms with Crippen molar-refractivity contribution in [2.24, 2.45) is 5.92 Å². The highest BCUT2D eigenvalue weighted by molar-refractivity contribution is 6.31. The van der Waals surface area contributed by atoms with E-state index in [1.165, 1.54) is 13.1 Å². The minimum Gasteiger partial charge on any atom is -0.381 e. The Morgan fingerprint density at radius 3 is 2.65 bits per heavy atom. The van der Waals surface area contributed by atoms with E-state index < -0.39 is 35.6 Å². The number of likely N-dealkylation sites (tertiary alicyclic amines) is 1. The van der Waals surface area contributed by atoms with Gasteiger partial charge in [0.2, 0.25) is 17.6 Å². The molecule has 3 heterocycles. The van der Waals surface area contributed by atoms with Crippen LogP contribution in [0.2, 0.25) is 5.02 Å². The van der Waals surface area contributed by atoms with Crippen LogP contribution in [-0.2, 0) is 15.8 Å². The Bertz CT molecular complexity index is 1180. The first-order valence-electron chi connectivity index (χ1n) is 11.7. The molecule has 2 aliphatic rings. The van der Waals surface area contributed by atoms with Gasteiger partial charge in [-0.15, -0.1) is 0 Å². The summed E-state index contributed by atoms with van der Waals surface area (Å²) < 4.78 is 54.4. The summed E-state index contributed by atoms with van der Waals surface area (Å²) in [7, 11) is 1.50. The first-order valence-corrected chi connectivity index (χ1v) is 12.0. The first kappa shape index (κ1) is 26.7. The summed E-state index contributed by atoms with van der Waals surface area (Å²) in [6.45, 7) is 0.745. The van der Waals surface area contributed by atoms with Gasteiger partial charge in [0, 0.05) is 37.4 Å². The Balaban J connectivity index is 1.59. The molecule has 4 N–H and O–H groups in total. The number of benzene rings is 1. The van der Waals surface area contributed by atoms with E-state index in [1.54, 1.807) is 9.80 Å². The second-order valence-corrected chi connectivity index (χ2v) is 9.45. The van der Waals surface area contributed by atoms with Gasteiger partial charge < -0.3 is 26.2 Å². The molecule has 1 unspecified atom stereocenters. The molecule has 9 nitrogen and oxygen atoms in total. The van der Waals surface area contributed by atoms with Gasteiger partial charge >= 0.3 is 6.18 Å². The van der Waals surface area contributed by atoms with Crippen molar-refractivity contribution in [2.45, 2.75) is 37.5 Å². The van der Waals surface area contributed by atoms with Crippen LogP contribution in [0.4, 0.5) is 34.9 Å². The zero-order chi connectivity index (χ0) is 26.9. The van der Waals surface area contributed by atoms with Crippen LogP contribution in [0.1, 0.15) is 24.8 Å². The minimum atomic E-state index is -4.60. The van der Waals surface area contributed by atoms with E-state index in [0.717, 1.165) is 18.5 Å². The maximum absolute atomic E-state index is 14.7. The van der Waals surface area contributed by atoms with Crippen LogP contribution < -0.4 is 21.3 Å². The molecule has 2 aliphatic heterocycles. The fourth-order valence-electron chi connectivity index (χ4n) is 4.93. The zero-order valence-electron chi connectivity index (χ0n) is 19.9.